The van der Waals surface area contributed by atoms with Crippen molar-refractivity contribution in [1.29, 1.82) is 0 Å². The predicted molar refractivity (Wildman–Crippen MR) is 92.8 cm³/mol. The Kier molecular flexibility index (Phi) is 4.31. The first-order chi connectivity index (χ1) is 12.1. The number of nitrogens with zero attached hydrogens (tertiary/aromatic N) is 3. The molecule has 25 heavy (non-hydrogen) atoms. The molecular formula is C19H23N3O3. The molecule has 3 heterocycles. The van der Waals surface area contributed by atoms with E-state index >= 15 is 0 Å². The van der Waals surface area contributed by atoms with Gasteiger partial charge in [0.05, 0.1) is 6.61 Å². The van der Waals surface area contributed by atoms with E-state index in [1.54, 1.807) is 0 Å². The van der Waals surface area contributed by atoms with Gasteiger partial charge in [0.2, 0.25) is 5.88 Å². The minimum Gasteiger partial charge on any atom is -0.492 e. The number of rotatable bonds is 3. The van der Waals surface area contributed by atoms with Crippen LogP contribution in [-0.4, -0.2) is 45.8 Å². The van der Waals surface area contributed by atoms with Gasteiger partial charge >= 0.3 is 0 Å². The summed E-state index contributed by atoms with van der Waals surface area (Å²) in [5, 5.41) is 9.37. The fraction of sp³-hybridized carbons (Fsp3) is 0.474. The van der Waals surface area contributed by atoms with Gasteiger partial charge in [0.1, 0.15) is 24.3 Å². The summed E-state index contributed by atoms with van der Waals surface area (Å²) in [5.41, 5.74) is 4.17. The van der Waals surface area contributed by atoms with Gasteiger partial charge in [-0.25, -0.2) is 4.98 Å². The largest absolute Gasteiger partial charge is 0.492 e. The van der Waals surface area contributed by atoms with Crippen LogP contribution in [0.15, 0.2) is 18.2 Å². The first-order valence-electron chi connectivity index (χ1n) is 8.71. The quantitative estimate of drug-likeness (QED) is 0.918. The van der Waals surface area contributed by atoms with E-state index in [1.165, 1.54) is 0 Å². The van der Waals surface area contributed by atoms with Crippen LogP contribution in [-0.2, 0) is 19.6 Å². The van der Waals surface area contributed by atoms with Crippen molar-refractivity contribution in [2.45, 2.75) is 39.5 Å². The van der Waals surface area contributed by atoms with Crippen LogP contribution in [0.3, 0.4) is 0 Å². The summed E-state index contributed by atoms with van der Waals surface area (Å²) in [4.78, 5) is 11.2. The highest BCUT2D eigenvalue weighted by molar-refractivity contribution is 5.38. The molecule has 0 spiro atoms. The smallest absolute Gasteiger partial charge is 0.220 e. The van der Waals surface area contributed by atoms with Crippen LogP contribution in [0.1, 0.15) is 28.2 Å². The molecule has 0 amide bonds. The van der Waals surface area contributed by atoms with Crippen molar-refractivity contribution >= 4 is 0 Å². The number of ether oxygens (including phenoxy) is 2. The Hall–Kier alpha value is -2.18. The number of aryl methyl sites for hydroxylation is 2. The van der Waals surface area contributed by atoms with E-state index in [1.807, 2.05) is 32.0 Å². The molecule has 0 saturated heterocycles. The molecule has 6 heteroatoms. The van der Waals surface area contributed by atoms with E-state index in [0.717, 1.165) is 65.9 Å². The van der Waals surface area contributed by atoms with Crippen LogP contribution in [0, 0.1) is 13.8 Å². The average molecular weight is 341 g/mol. The zero-order valence-corrected chi connectivity index (χ0v) is 14.7. The zero-order chi connectivity index (χ0) is 17.4. The van der Waals surface area contributed by atoms with E-state index in [-0.39, 0.29) is 12.7 Å². The summed E-state index contributed by atoms with van der Waals surface area (Å²) in [6.07, 6.45) is 0.940. The Morgan fingerprint density at radius 3 is 3.00 bits per heavy atom. The summed E-state index contributed by atoms with van der Waals surface area (Å²) in [6, 6.07) is 5.89. The summed E-state index contributed by atoms with van der Waals surface area (Å²) in [6.45, 7) is 7.08. The Morgan fingerprint density at radius 2 is 2.16 bits per heavy atom. The number of aliphatic hydroxyl groups is 1. The van der Waals surface area contributed by atoms with Crippen LogP contribution < -0.4 is 9.47 Å². The Bertz CT molecular complexity index is 794. The first-order valence-corrected chi connectivity index (χ1v) is 8.71. The monoisotopic (exact) mass is 341 g/mol. The van der Waals surface area contributed by atoms with E-state index in [4.69, 9.17) is 9.47 Å². The van der Waals surface area contributed by atoms with Gasteiger partial charge in [-0.05, 0) is 31.5 Å². The minimum absolute atomic E-state index is 0.0472. The normalized spacial score (nSPS) is 19.6. The number of aromatic nitrogens is 2. The highest BCUT2D eigenvalue weighted by atomic mass is 16.5. The maximum absolute atomic E-state index is 9.37. The summed E-state index contributed by atoms with van der Waals surface area (Å²) in [5.74, 6) is 2.40. The highest BCUT2D eigenvalue weighted by Crippen LogP contribution is 2.30. The Morgan fingerprint density at radius 1 is 1.28 bits per heavy atom. The minimum atomic E-state index is 0.0472. The lowest BCUT2D eigenvalue weighted by molar-refractivity contribution is 0.135. The predicted octanol–water partition coefficient (Wildman–Crippen LogP) is 1.78. The first kappa shape index (κ1) is 16.3. The fourth-order valence-corrected chi connectivity index (χ4v) is 3.61. The molecule has 2 aliphatic heterocycles. The highest BCUT2D eigenvalue weighted by Gasteiger charge is 2.29. The molecule has 0 aliphatic carbocycles. The van der Waals surface area contributed by atoms with E-state index in [9.17, 15) is 5.11 Å². The number of aliphatic hydroxyl groups excluding tert-OH is 1. The van der Waals surface area contributed by atoms with E-state index < -0.39 is 0 Å². The third-order valence-electron chi connectivity index (χ3n) is 4.83. The second-order valence-corrected chi connectivity index (χ2v) is 6.77. The van der Waals surface area contributed by atoms with Gasteiger partial charge in [0.15, 0.2) is 0 Å². The van der Waals surface area contributed by atoms with Crippen molar-refractivity contribution in [1.82, 2.24) is 14.9 Å². The lowest BCUT2D eigenvalue weighted by atomic mass is 10.1. The number of fused-ring (bicyclic) bond motifs is 2. The van der Waals surface area contributed by atoms with Crippen LogP contribution in [0.2, 0.25) is 0 Å². The molecule has 4 rings (SSSR count). The molecule has 1 aromatic carbocycles. The van der Waals surface area contributed by atoms with Crippen molar-refractivity contribution < 1.29 is 14.6 Å². The second-order valence-electron chi connectivity index (χ2n) is 6.77. The number of hydrogen-bond acceptors (Lipinski definition) is 6. The number of hydrogen-bond donors (Lipinski definition) is 1. The van der Waals surface area contributed by atoms with Crippen LogP contribution in [0.5, 0.6) is 11.6 Å². The number of benzene rings is 1. The second kappa shape index (κ2) is 6.61. The summed E-state index contributed by atoms with van der Waals surface area (Å²) < 4.78 is 11.9. The molecule has 0 saturated carbocycles. The fourth-order valence-electron chi connectivity index (χ4n) is 3.61. The molecule has 0 radical (unpaired) electrons. The van der Waals surface area contributed by atoms with E-state index in [0.29, 0.717) is 6.61 Å². The SMILES string of the molecule is Cc1nc(C)c2c(n1)O[C@H](CN1CCOc3ccc(CO)cc3C1)C2. The van der Waals surface area contributed by atoms with Gasteiger partial charge in [-0.15, -0.1) is 0 Å². The van der Waals surface area contributed by atoms with Crippen LogP contribution in [0.25, 0.3) is 0 Å². The molecule has 0 unspecified atom stereocenters. The van der Waals surface area contributed by atoms with E-state index in [2.05, 4.69) is 14.9 Å². The van der Waals surface area contributed by atoms with Gasteiger partial charge < -0.3 is 14.6 Å². The summed E-state index contributed by atoms with van der Waals surface area (Å²) >= 11 is 0. The lowest BCUT2D eigenvalue weighted by Gasteiger charge is -2.22. The molecule has 0 bridgehead atoms. The van der Waals surface area contributed by atoms with Crippen molar-refractivity contribution in [2.75, 3.05) is 19.7 Å². The lowest BCUT2D eigenvalue weighted by Crippen LogP contribution is -2.35. The van der Waals surface area contributed by atoms with Gasteiger partial charge in [0.25, 0.3) is 0 Å². The van der Waals surface area contributed by atoms with Crippen LogP contribution in [0.4, 0.5) is 0 Å². The average Bonchev–Trinajstić information content (AvgIpc) is 2.87. The van der Waals surface area contributed by atoms with Crippen molar-refractivity contribution in [2.24, 2.45) is 0 Å². The third kappa shape index (κ3) is 3.32. The molecule has 2 aromatic rings. The van der Waals surface area contributed by atoms with Crippen LogP contribution >= 0.6 is 0 Å². The Labute approximate surface area is 147 Å². The summed E-state index contributed by atoms with van der Waals surface area (Å²) in [7, 11) is 0. The van der Waals surface area contributed by atoms with Crippen molar-refractivity contribution in [3.8, 4) is 11.6 Å². The maximum Gasteiger partial charge on any atom is 0.220 e. The molecule has 6 nitrogen and oxygen atoms in total. The molecule has 1 aromatic heterocycles. The standard InChI is InChI=1S/C19H23N3O3/c1-12-17-8-16(25-19(17)21-13(2)20-12)10-22-5-6-24-18-4-3-14(11-23)7-15(18)9-22/h3-4,7,16,23H,5-6,8-11H2,1-2H3/t16-/m0/s1. The van der Waals surface area contributed by atoms with Gasteiger partial charge in [-0.3, -0.25) is 4.90 Å². The third-order valence-corrected chi connectivity index (χ3v) is 4.83. The van der Waals surface area contributed by atoms with Gasteiger partial charge in [-0.2, -0.15) is 4.98 Å². The molecule has 2 aliphatic rings. The molecule has 0 fully saturated rings. The molecule has 132 valence electrons. The molecule has 1 N–H and O–H groups in total. The van der Waals surface area contributed by atoms with Gasteiger partial charge in [0, 0.05) is 42.9 Å². The molecule has 1 atom stereocenters. The Balaban J connectivity index is 1.47. The van der Waals surface area contributed by atoms with Crippen molar-refractivity contribution in [3.63, 3.8) is 0 Å². The van der Waals surface area contributed by atoms with Gasteiger partial charge in [-0.1, -0.05) is 6.07 Å². The topological polar surface area (TPSA) is 67.7 Å². The molecular weight excluding hydrogens is 318 g/mol. The maximum atomic E-state index is 9.37. The van der Waals surface area contributed by atoms with Crippen molar-refractivity contribution in [3.05, 3.63) is 46.4 Å². The zero-order valence-electron chi connectivity index (χ0n) is 14.7.